The lowest BCUT2D eigenvalue weighted by molar-refractivity contribution is -0.169. The monoisotopic (exact) mass is 613 g/mol. The van der Waals surface area contributed by atoms with Crippen LogP contribution >= 0.6 is 0 Å². The second-order valence-corrected chi connectivity index (χ2v) is 10.4. The van der Waals surface area contributed by atoms with Gasteiger partial charge in [-0.15, -0.1) is 4.99 Å². The minimum absolute atomic E-state index is 0.000881. The quantitative estimate of drug-likeness (QED) is 0.132. The van der Waals surface area contributed by atoms with Crippen LogP contribution in [0.1, 0.15) is 36.5 Å². The first kappa shape index (κ1) is 32.4. The molecule has 1 heterocycles. The Hall–Kier alpha value is -5.52. The summed E-state index contributed by atoms with van der Waals surface area (Å²) in [5.41, 5.74) is 3.11. The van der Waals surface area contributed by atoms with E-state index in [1.54, 1.807) is 36.4 Å². The number of imide groups is 1. The van der Waals surface area contributed by atoms with Gasteiger partial charge in [0.2, 0.25) is 23.7 Å². The number of hydrogen-bond donors (Lipinski definition) is 3. The highest BCUT2D eigenvalue weighted by Gasteiger charge is 2.52. The number of rotatable bonds is 10. The van der Waals surface area contributed by atoms with Crippen LogP contribution in [0, 0.1) is 12.8 Å². The van der Waals surface area contributed by atoms with E-state index in [1.165, 1.54) is 6.92 Å². The summed E-state index contributed by atoms with van der Waals surface area (Å²) in [6.45, 7) is 3.31. The standard InChI is InChI=1S/C33H35N5O7/c1-22-15-17-26(18-16-22)35-29(40)28-27(30(41)38(28)23(2)39)14-9-19-34-31(36-32(42)44-20-24-10-5-3-6-11-24)37-33(43)45-21-25-12-7-4-8-13-25/h3-8,10-13,15-18,27-28H,9,14,19-21H2,1-2H3,(H,35,40)(H2,34,36,37,42,43)/t27-,28+/m1/s1. The summed E-state index contributed by atoms with van der Waals surface area (Å²) >= 11 is 0. The second kappa shape index (κ2) is 15.8. The number of amides is 5. The molecule has 0 aromatic heterocycles. The number of ether oxygens (including phenoxy) is 2. The lowest BCUT2D eigenvalue weighted by Crippen LogP contribution is -2.66. The fraction of sp³-hybridized carbons (Fsp3) is 0.273. The molecule has 1 aliphatic heterocycles. The number of nitrogens with zero attached hydrogens (tertiary/aromatic N) is 2. The largest absolute Gasteiger partial charge is 0.444 e. The van der Waals surface area contributed by atoms with Gasteiger partial charge in [0.05, 0.1) is 5.92 Å². The first-order valence-corrected chi connectivity index (χ1v) is 14.4. The van der Waals surface area contributed by atoms with Crippen LogP contribution in [0.5, 0.6) is 0 Å². The normalized spacial score (nSPS) is 15.8. The Bertz CT molecular complexity index is 1530. The van der Waals surface area contributed by atoms with Crippen molar-refractivity contribution in [3.8, 4) is 0 Å². The van der Waals surface area contributed by atoms with Gasteiger partial charge in [0.25, 0.3) is 0 Å². The maximum Gasteiger partial charge on any atom is 0.437 e. The summed E-state index contributed by atoms with van der Waals surface area (Å²) in [5, 5.41) is 8.05. The fourth-order valence-electron chi connectivity index (χ4n) is 4.67. The maximum absolute atomic E-state index is 13.1. The highest BCUT2D eigenvalue weighted by molar-refractivity contribution is 6.11. The molecular weight excluding hydrogens is 578 g/mol. The molecule has 3 N–H and O–H groups in total. The van der Waals surface area contributed by atoms with E-state index in [0.29, 0.717) is 12.1 Å². The Labute approximate surface area is 260 Å². The van der Waals surface area contributed by atoms with Crippen molar-refractivity contribution in [1.29, 1.82) is 0 Å². The molecule has 3 aromatic rings. The minimum Gasteiger partial charge on any atom is -0.444 e. The summed E-state index contributed by atoms with van der Waals surface area (Å²) in [6.07, 6.45) is -1.19. The average Bonchev–Trinajstić information content (AvgIpc) is 3.03. The van der Waals surface area contributed by atoms with E-state index in [1.807, 2.05) is 55.5 Å². The third-order valence-corrected chi connectivity index (χ3v) is 6.97. The number of carbonyl (C=O) groups is 5. The molecule has 0 spiro atoms. The molecule has 0 saturated carbocycles. The molecule has 12 heteroatoms. The molecule has 1 fully saturated rings. The predicted molar refractivity (Wildman–Crippen MR) is 166 cm³/mol. The van der Waals surface area contributed by atoms with Gasteiger partial charge in [0.1, 0.15) is 19.3 Å². The van der Waals surface area contributed by atoms with Crippen molar-refractivity contribution in [2.45, 2.75) is 45.9 Å². The van der Waals surface area contributed by atoms with E-state index in [0.717, 1.165) is 21.6 Å². The number of carbonyl (C=O) groups excluding carboxylic acids is 5. The van der Waals surface area contributed by atoms with Crippen molar-refractivity contribution in [2.24, 2.45) is 10.9 Å². The Morgan fingerprint density at radius 3 is 2.04 bits per heavy atom. The van der Waals surface area contributed by atoms with Crippen LogP contribution in [0.4, 0.5) is 15.3 Å². The SMILES string of the molecule is CC(=O)N1C(=O)[C@H](CCCNC(=NC(=O)OCc2ccccc2)NC(=O)OCc2ccccc2)[C@H]1C(=O)Nc1ccc(C)cc1. The number of alkyl carbamates (subject to hydrolysis) is 1. The number of aliphatic imine (C=N–C) groups is 1. The van der Waals surface area contributed by atoms with E-state index >= 15 is 0 Å². The van der Waals surface area contributed by atoms with E-state index in [4.69, 9.17) is 9.47 Å². The number of likely N-dealkylation sites (tertiary alicyclic amines) is 1. The number of hydrogen-bond acceptors (Lipinski definition) is 7. The predicted octanol–water partition coefficient (Wildman–Crippen LogP) is 4.30. The summed E-state index contributed by atoms with van der Waals surface area (Å²) in [4.78, 5) is 67.6. The van der Waals surface area contributed by atoms with Gasteiger partial charge in [-0.25, -0.2) is 9.59 Å². The molecule has 4 rings (SSSR count). The highest BCUT2D eigenvalue weighted by atomic mass is 16.6. The van der Waals surface area contributed by atoms with Gasteiger partial charge < -0.3 is 20.1 Å². The smallest absolute Gasteiger partial charge is 0.437 e. The van der Waals surface area contributed by atoms with Crippen LogP contribution in [-0.2, 0) is 37.1 Å². The Morgan fingerprint density at radius 1 is 0.844 bits per heavy atom. The van der Waals surface area contributed by atoms with E-state index < -0.39 is 41.9 Å². The zero-order valence-electron chi connectivity index (χ0n) is 25.0. The number of benzene rings is 3. The lowest BCUT2D eigenvalue weighted by Gasteiger charge is -2.44. The zero-order chi connectivity index (χ0) is 32.2. The molecule has 1 saturated heterocycles. The van der Waals surface area contributed by atoms with Gasteiger partial charge >= 0.3 is 12.2 Å². The topological polar surface area (TPSA) is 156 Å². The second-order valence-electron chi connectivity index (χ2n) is 10.4. The van der Waals surface area contributed by atoms with E-state index in [-0.39, 0.29) is 32.1 Å². The number of anilines is 1. The molecule has 1 aliphatic rings. The molecule has 5 amide bonds. The lowest BCUT2D eigenvalue weighted by atomic mass is 9.82. The molecule has 0 unspecified atom stereocenters. The number of guanidine groups is 1. The fourth-order valence-corrected chi connectivity index (χ4v) is 4.67. The van der Waals surface area contributed by atoms with Crippen LogP contribution in [0.2, 0.25) is 0 Å². The molecule has 0 radical (unpaired) electrons. The third-order valence-electron chi connectivity index (χ3n) is 6.97. The number of β-lactam (4-membered cyclic amide) rings is 1. The molecule has 0 aliphatic carbocycles. The van der Waals surface area contributed by atoms with Crippen LogP contribution in [0.15, 0.2) is 89.9 Å². The zero-order valence-corrected chi connectivity index (χ0v) is 25.0. The van der Waals surface area contributed by atoms with Crippen molar-refractivity contribution in [3.63, 3.8) is 0 Å². The first-order valence-electron chi connectivity index (χ1n) is 14.4. The van der Waals surface area contributed by atoms with Crippen LogP contribution < -0.4 is 16.0 Å². The van der Waals surface area contributed by atoms with Gasteiger partial charge in [0.15, 0.2) is 0 Å². The molecule has 3 aromatic carbocycles. The van der Waals surface area contributed by atoms with Gasteiger partial charge in [-0.05, 0) is 43.0 Å². The van der Waals surface area contributed by atoms with E-state index in [9.17, 15) is 24.0 Å². The third kappa shape index (κ3) is 9.48. The average molecular weight is 614 g/mol. The number of nitrogens with one attached hydrogen (secondary N) is 3. The van der Waals surface area contributed by atoms with Gasteiger partial charge in [-0.2, -0.15) is 0 Å². The van der Waals surface area contributed by atoms with Gasteiger partial charge in [-0.3, -0.25) is 24.6 Å². The van der Waals surface area contributed by atoms with Crippen LogP contribution in [-0.4, -0.2) is 53.4 Å². The molecule has 234 valence electrons. The first-order chi connectivity index (χ1) is 21.7. The van der Waals surface area contributed by atoms with Gasteiger partial charge in [0, 0.05) is 19.2 Å². The van der Waals surface area contributed by atoms with Crippen molar-refractivity contribution < 1.29 is 33.4 Å². The molecule has 2 atom stereocenters. The van der Waals surface area contributed by atoms with Crippen LogP contribution in [0.25, 0.3) is 0 Å². The Kier molecular flexibility index (Phi) is 11.4. The number of aryl methyl sites for hydroxylation is 1. The summed E-state index contributed by atoms with van der Waals surface area (Å²) < 4.78 is 10.4. The molecule has 0 bridgehead atoms. The Balaban J connectivity index is 1.34. The minimum atomic E-state index is -0.955. The summed E-state index contributed by atoms with van der Waals surface area (Å²) in [5.74, 6) is -2.34. The Morgan fingerprint density at radius 2 is 1.44 bits per heavy atom. The van der Waals surface area contributed by atoms with Gasteiger partial charge in [-0.1, -0.05) is 78.4 Å². The van der Waals surface area contributed by atoms with Crippen molar-refractivity contribution in [2.75, 3.05) is 11.9 Å². The molecular formula is C33H35N5O7. The van der Waals surface area contributed by atoms with Crippen molar-refractivity contribution >= 4 is 41.6 Å². The summed E-state index contributed by atoms with van der Waals surface area (Å²) in [7, 11) is 0. The molecule has 12 nitrogen and oxygen atoms in total. The van der Waals surface area contributed by atoms with E-state index in [2.05, 4.69) is 20.9 Å². The van der Waals surface area contributed by atoms with Crippen LogP contribution in [0.3, 0.4) is 0 Å². The molecule has 45 heavy (non-hydrogen) atoms. The van der Waals surface area contributed by atoms with Crippen molar-refractivity contribution in [1.82, 2.24) is 15.5 Å². The highest BCUT2D eigenvalue weighted by Crippen LogP contribution is 2.31. The summed E-state index contributed by atoms with van der Waals surface area (Å²) in [6, 6.07) is 24.3. The van der Waals surface area contributed by atoms with Crippen molar-refractivity contribution in [3.05, 3.63) is 102 Å². The maximum atomic E-state index is 13.1.